The molecule has 0 radical (unpaired) electrons. The Balaban J connectivity index is 1.38. The Morgan fingerprint density at radius 3 is 1.98 bits per heavy atom. The number of pyridine rings is 2. The molecule has 3 heterocycles. The minimum atomic E-state index is -0.0209. The molecule has 46 heavy (non-hydrogen) atoms. The highest BCUT2D eigenvalue weighted by molar-refractivity contribution is 5.72. The Hall–Kier alpha value is -4.04. The maximum atomic E-state index is 2.65. The number of benzene rings is 3. The van der Waals surface area contributed by atoms with E-state index in [2.05, 4.69) is 160 Å². The fraction of sp³-hybridized carbons (Fsp3) is 0.364. The monoisotopic (exact) mass is 608 g/mol. The van der Waals surface area contributed by atoms with Crippen LogP contribution in [0.2, 0.25) is 0 Å². The first-order valence-electron chi connectivity index (χ1n) is 17.7. The van der Waals surface area contributed by atoms with Gasteiger partial charge in [0, 0.05) is 49.6 Å². The van der Waals surface area contributed by atoms with Crippen LogP contribution in [0.5, 0.6) is 0 Å². The molecule has 2 atom stereocenters. The van der Waals surface area contributed by atoms with E-state index in [-0.39, 0.29) is 11.0 Å². The lowest BCUT2D eigenvalue weighted by Gasteiger charge is -2.48. The Morgan fingerprint density at radius 2 is 1.30 bits per heavy atom. The number of fused-ring (bicyclic) bond motifs is 3. The molecule has 0 fully saturated rings. The van der Waals surface area contributed by atoms with Crippen molar-refractivity contribution in [2.45, 2.75) is 104 Å². The van der Waals surface area contributed by atoms with Crippen LogP contribution in [-0.2, 0) is 23.9 Å². The van der Waals surface area contributed by atoms with E-state index in [0.717, 1.165) is 38.6 Å². The molecule has 6 rings (SSSR count). The largest absolute Gasteiger partial charge is 0.213 e. The summed E-state index contributed by atoms with van der Waals surface area (Å²) < 4.78 is 5.16. The second-order valence-electron chi connectivity index (χ2n) is 13.7. The zero-order chi connectivity index (χ0) is 32.3. The molecule has 2 unspecified atom stereocenters. The smallest absolute Gasteiger partial charge is 0.198 e. The maximum Gasteiger partial charge on any atom is 0.213 e. The van der Waals surface area contributed by atoms with Gasteiger partial charge in [-0.1, -0.05) is 87.9 Å². The highest BCUT2D eigenvalue weighted by Crippen LogP contribution is 2.52. The van der Waals surface area contributed by atoms with Crippen molar-refractivity contribution in [1.82, 2.24) is 0 Å². The van der Waals surface area contributed by atoms with Crippen molar-refractivity contribution in [2.24, 2.45) is 0 Å². The molecule has 0 spiro atoms. The van der Waals surface area contributed by atoms with Gasteiger partial charge >= 0.3 is 0 Å². The number of hydrogen-bond donors (Lipinski definition) is 0. The van der Waals surface area contributed by atoms with E-state index in [1.165, 1.54) is 68.7 Å². The summed E-state index contributed by atoms with van der Waals surface area (Å²) in [6, 6.07) is 36.5. The Labute approximate surface area is 277 Å². The van der Waals surface area contributed by atoms with Crippen molar-refractivity contribution in [3.05, 3.63) is 132 Å². The summed E-state index contributed by atoms with van der Waals surface area (Å²) in [7, 11) is 0. The van der Waals surface area contributed by atoms with Gasteiger partial charge in [-0.05, 0) is 85.0 Å². The van der Waals surface area contributed by atoms with E-state index in [9.17, 15) is 0 Å². The molecule has 2 nitrogen and oxygen atoms in total. The van der Waals surface area contributed by atoms with Gasteiger partial charge in [0.15, 0.2) is 17.9 Å². The molecule has 3 aromatic carbocycles. The Kier molecular flexibility index (Phi) is 9.27. The van der Waals surface area contributed by atoms with Crippen LogP contribution >= 0.6 is 0 Å². The molecule has 1 aliphatic heterocycles. The summed E-state index contributed by atoms with van der Waals surface area (Å²) in [5.74, 6) is 0. The molecule has 0 amide bonds. The van der Waals surface area contributed by atoms with Crippen LogP contribution in [0.1, 0.15) is 88.5 Å². The third-order valence-corrected chi connectivity index (χ3v) is 11.3. The second-order valence-corrected chi connectivity index (χ2v) is 13.7. The highest BCUT2D eigenvalue weighted by Gasteiger charge is 2.58. The van der Waals surface area contributed by atoms with E-state index in [1.54, 1.807) is 0 Å². The van der Waals surface area contributed by atoms with Gasteiger partial charge in [-0.3, -0.25) is 0 Å². The van der Waals surface area contributed by atoms with E-state index >= 15 is 0 Å². The van der Waals surface area contributed by atoms with Crippen LogP contribution in [-0.4, -0.2) is 0 Å². The molecule has 5 aromatic rings. The SMILES string of the molecule is CCCCc1cc[n+]2c(c1)-c1ccccc1C(CC)(CCC[n+]1ccc(-c3ccccc3C)cc1-c1ccccc1C)C2(C)CC. The highest BCUT2D eigenvalue weighted by atomic mass is 15.1. The van der Waals surface area contributed by atoms with Gasteiger partial charge in [-0.2, -0.15) is 9.13 Å². The van der Waals surface area contributed by atoms with Crippen molar-refractivity contribution < 1.29 is 9.13 Å². The predicted molar refractivity (Wildman–Crippen MR) is 193 cm³/mol. The summed E-state index contributed by atoms with van der Waals surface area (Å²) in [5, 5.41) is 0. The lowest BCUT2D eigenvalue weighted by Crippen LogP contribution is -2.68. The molecule has 2 heteroatoms. The lowest BCUT2D eigenvalue weighted by molar-refractivity contribution is -0.766. The van der Waals surface area contributed by atoms with Crippen molar-refractivity contribution >= 4 is 0 Å². The number of hydrogen-bond acceptors (Lipinski definition) is 0. The van der Waals surface area contributed by atoms with Crippen LogP contribution in [0, 0.1) is 13.8 Å². The van der Waals surface area contributed by atoms with E-state index in [4.69, 9.17) is 0 Å². The molecule has 2 aromatic heterocycles. The van der Waals surface area contributed by atoms with Crippen LogP contribution in [0.25, 0.3) is 33.6 Å². The fourth-order valence-electron chi connectivity index (χ4n) is 8.46. The summed E-state index contributed by atoms with van der Waals surface area (Å²) in [5.41, 5.74) is 13.6. The number of aromatic nitrogens is 2. The zero-order valence-electron chi connectivity index (χ0n) is 28.9. The second kappa shape index (κ2) is 13.4. The maximum absolute atomic E-state index is 2.65. The minimum absolute atomic E-state index is 0.0209. The standard InChI is InChI=1S/C44H52N2/c1-7-10-20-35-25-30-46-42(31-35)39-23-15-16-24-40(39)44(9-3,43(46,6)8-2)27-17-28-45-29-26-36(37-21-13-11-18-33(37)4)32-41(45)38-22-14-12-19-34(38)5/h11-16,18-19,21-26,29-32H,7-10,17,20,27-28H2,1-6H3/q+2. The third-order valence-electron chi connectivity index (χ3n) is 11.3. The third kappa shape index (κ3) is 5.51. The quantitative estimate of drug-likeness (QED) is 0.132. The first-order valence-corrected chi connectivity index (χ1v) is 17.7. The van der Waals surface area contributed by atoms with Gasteiger partial charge in [0.1, 0.15) is 6.54 Å². The summed E-state index contributed by atoms with van der Waals surface area (Å²) >= 11 is 0. The normalized spacial score (nSPS) is 18.7. The van der Waals surface area contributed by atoms with Gasteiger partial charge in [0.25, 0.3) is 0 Å². The number of unbranched alkanes of at least 4 members (excludes halogenated alkanes) is 1. The topological polar surface area (TPSA) is 7.76 Å². The van der Waals surface area contributed by atoms with E-state index in [1.807, 2.05) is 0 Å². The summed E-state index contributed by atoms with van der Waals surface area (Å²) in [6.07, 6.45) is 12.8. The molecule has 1 aliphatic rings. The lowest BCUT2D eigenvalue weighted by atomic mass is 9.57. The van der Waals surface area contributed by atoms with Gasteiger partial charge in [0.05, 0.1) is 11.0 Å². The van der Waals surface area contributed by atoms with Crippen LogP contribution < -0.4 is 9.13 Å². The molecule has 236 valence electrons. The number of nitrogens with zero attached hydrogens (tertiary/aromatic N) is 2. The Bertz CT molecular complexity index is 1830. The first kappa shape index (κ1) is 31.9. The van der Waals surface area contributed by atoms with Crippen molar-refractivity contribution in [2.75, 3.05) is 0 Å². The summed E-state index contributed by atoms with van der Waals surface area (Å²) in [6.45, 7) is 15.1. The van der Waals surface area contributed by atoms with Crippen molar-refractivity contribution in [3.8, 4) is 33.6 Å². The number of aryl methyl sites for hydroxylation is 4. The predicted octanol–water partition coefficient (Wildman–Crippen LogP) is 10.5. The van der Waals surface area contributed by atoms with Crippen molar-refractivity contribution in [3.63, 3.8) is 0 Å². The molecule has 0 aliphatic carbocycles. The molecular weight excluding hydrogens is 556 g/mol. The summed E-state index contributed by atoms with van der Waals surface area (Å²) in [4.78, 5) is 0. The number of rotatable bonds is 11. The van der Waals surface area contributed by atoms with E-state index < -0.39 is 0 Å². The zero-order valence-corrected chi connectivity index (χ0v) is 28.9. The van der Waals surface area contributed by atoms with Gasteiger partial charge in [0.2, 0.25) is 11.4 Å². The Morgan fingerprint density at radius 1 is 0.630 bits per heavy atom. The van der Waals surface area contributed by atoms with Gasteiger partial charge in [-0.15, -0.1) is 0 Å². The van der Waals surface area contributed by atoms with Gasteiger partial charge in [-0.25, -0.2) is 0 Å². The molecule has 0 saturated carbocycles. The van der Waals surface area contributed by atoms with E-state index in [0.29, 0.717) is 0 Å². The van der Waals surface area contributed by atoms with Crippen molar-refractivity contribution in [1.29, 1.82) is 0 Å². The first-order chi connectivity index (χ1) is 22.4. The van der Waals surface area contributed by atoms with Crippen LogP contribution in [0.3, 0.4) is 0 Å². The average Bonchev–Trinajstić information content (AvgIpc) is 3.09. The fourth-order valence-corrected chi connectivity index (χ4v) is 8.46. The molecule has 0 bridgehead atoms. The molecular formula is C44H52N2+2. The van der Waals surface area contributed by atoms with Gasteiger partial charge < -0.3 is 0 Å². The molecule has 0 N–H and O–H groups in total. The van der Waals surface area contributed by atoms with Crippen LogP contribution in [0.15, 0.2) is 109 Å². The minimum Gasteiger partial charge on any atom is -0.198 e. The van der Waals surface area contributed by atoms with Crippen LogP contribution in [0.4, 0.5) is 0 Å². The molecule has 0 saturated heterocycles. The average molecular weight is 609 g/mol.